The van der Waals surface area contributed by atoms with Gasteiger partial charge in [-0.2, -0.15) is 0 Å². The van der Waals surface area contributed by atoms with Gasteiger partial charge in [0.2, 0.25) is 15.9 Å². The zero-order valence-corrected chi connectivity index (χ0v) is 19.0. The third kappa shape index (κ3) is 5.44. The molecule has 1 atom stereocenters. The molecule has 0 fully saturated rings. The molecule has 0 bridgehead atoms. The van der Waals surface area contributed by atoms with Crippen molar-refractivity contribution in [2.45, 2.75) is 31.3 Å². The average Bonchev–Trinajstić information content (AvgIpc) is 3.29. The van der Waals surface area contributed by atoms with Crippen molar-refractivity contribution in [2.75, 3.05) is 6.54 Å². The Morgan fingerprint density at radius 1 is 1.03 bits per heavy atom. The number of carbonyl (C=O) groups excluding carboxylic acids is 1. The van der Waals surface area contributed by atoms with Gasteiger partial charge in [-0.05, 0) is 48.9 Å². The summed E-state index contributed by atoms with van der Waals surface area (Å²) in [5.41, 5.74) is 1.87. The minimum atomic E-state index is -3.76. The van der Waals surface area contributed by atoms with Gasteiger partial charge in [0.15, 0.2) is 6.10 Å². The number of ether oxygens (including phenoxy) is 1. The van der Waals surface area contributed by atoms with Crippen molar-refractivity contribution in [3.05, 3.63) is 78.2 Å². The first-order chi connectivity index (χ1) is 15.8. The summed E-state index contributed by atoms with van der Waals surface area (Å²) in [6.45, 7) is 3.50. The molecule has 9 heteroatoms. The molecule has 4 rings (SSSR count). The van der Waals surface area contributed by atoms with E-state index in [2.05, 4.69) is 14.9 Å². The maximum atomic E-state index is 12.6. The Balaban J connectivity index is 1.31. The van der Waals surface area contributed by atoms with Gasteiger partial charge in [0.1, 0.15) is 0 Å². The SMILES string of the molecule is Cc1ccc(-c2nnc(C(C)OC(=O)CCNS(=O)(=O)c3ccc4ccccc4c3)o2)cc1. The summed E-state index contributed by atoms with van der Waals surface area (Å²) in [7, 11) is -3.76. The second-order valence-electron chi connectivity index (χ2n) is 7.60. The number of fused-ring (bicyclic) bond motifs is 1. The maximum Gasteiger partial charge on any atom is 0.307 e. The summed E-state index contributed by atoms with van der Waals surface area (Å²) in [5, 5.41) is 9.70. The molecule has 1 aromatic heterocycles. The molecule has 170 valence electrons. The van der Waals surface area contributed by atoms with E-state index in [-0.39, 0.29) is 23.8 Å². The highest BCUT2D eigenvalue weighted by atomic mass is 32.2. The van der Waals surface area contributed by atoms with Crippen LogP contribution < -0.4 is 4.72 Å². The quantitative estimate of drug-likeness (QED) is 0.389. The van der Waals surface area contributed by atoms with E-state index in [4.69, 9.17) is 9.15 Å². The smallest absolute Gasteiger partial charge is 0.307 e. The number of nitrogens with one attached hydrogen (secondary N) is 1. The van der Waals surface area contributed by atoms with Crippen molar-refractivity contribution in [1.82, 2.24) is 14.9 Å². The zero-order valence-electron chi connectivity index (χ0n) is 18.2. The van der Waals surface area contributed by atoms with E-state index >= 15 is 0 Å². The van der Waals surface area contributed by atoms with Crippen LogP contribution in [0.1, 0.15) is 30.9 Å². The van der Waals surface area contributed by atoms with Crippen LogP contribution in [0.15, 0.2) is 76.0 Å². The molecular formula is C24H23N3O5S. The van der Waals surface area contributed by atoms with Crippen molar-refractivity contribution >= 4 is 26.8 Å². The number of aromatic nitrogens is 2. The topological polar surface area (TPSA) is 111 Å². The summed E-state index contributed by atoms with van der Waals surface area (Å²) in [6.07, 6.45) is -0.905. The van der Waals surface area contributed by atoms with E-state index in [1.54, 1.807) is 19.1 Å². The normalized spacial score (nSPS) is 12.5. The van der Waals surface area contributed by atoms with Gasteiger partial charge >= 0.3 is 5.97 Å². The van der Waals surface area contributed by atoms with E-state index in [0.717, 1.165) is 21.9 Å². The van der Waals surface area contributed by atoms with Crippen molar-refractivity contribution in [3.63, 3.8) is 0 Å². The third-order valence-corrected chi connectivity index (χ3v) is 6.51. The van der Waals surface area contributed by atoms with Crippen LogP contribution in [0.3, 0.4) is 0 Å². The van der Waals surface area contributed by atoms with Gasteiger partial charge in [0, 0.05) is 12.1 Å². The van der Waals surface area contributed by atoms with Crippen LogP contribution >= 0.6 is 0 Å². The fourth-order valence-corrected chi connectivity index (χ4v) is 4.29. The van der Waals surface area contributed by atoms with Crippen LogP contribution in [0, 0.1) is 6.92 Å². The third-order valence-electron chi connectivity index (χ3n) is 5.05. The van der Waals surface area contributed by atoms with Crippen molar-refractivity contribution in [2.24, 2.45) is 0 Å². The first kappa shape index (κ1) is 22.6. The standard InChI is InChI=1S/C24H23N3O5S/c1-16-7-9-19(10-8-16)24-27-26-23(32-24)17(2)31-22(28)13-14-25-33(29,30)21-12-11-18-5-3-4-6-20(18)15-21/h3-12,15,17,25H,13-14H2,1-2H3. The minimum Gasteiger partial charge on any atom is -0.453 e. The maximum absolute atomic E-state index is 12.6. The summed E-state index contributed by atoms with van der Waals surface area (Å²) >= 11 is 0. The lowest BCUT2D eigenvalue weighted by atomic mass is 10.1. The van der Waals surface area contributed by atoms with E-state index in [1.165, 1.54) is 6.07 Å². The molecule has 0 saturated heterocycles. The highest BCUT2D eigenvalue weighted by molar-refractivity contribution is 7.89. The molecule has 1 N–H and O–H groups in total. The molecule has 0 amide bonds. The molecule has 0 radical (unpaired) electrons. The van der Waals surface area contributed by atoms with Crippen LogP contribution in [0.2, 0.25) is 0 Å². The number of rotatable bonds is 8. The molecule has 0 aliphatic heterocycles. The van der Waals surface area contributed by atoms with Crippen molar-refractivity contribution in [1.29, 1.82) is 0 Å². The Kier molecular flexibility index (Phi) is 6.52. The summed E-state index contributed by atoms with van der Waals surface area (Å²) in [5.74, 6) is -0.0921. The van der Waals surface area contributed by atoms with Crippen LogP contribution in [-0.2, 0) is 19.6 Å². The Morgan fingerprint density at radius 3 is 2.52 bits per heavy atom. The van der Waals surface area contributed by atoms with E-state index in [9.17, 15) is 13.2 Å². The number of nitrogens with zero attached hydrogens (tertiary/aromatic N) is 2. The Labute approximate surface area is 191 Å². The van der Waals surface area contributed by atoms with Gasteiger partial charge in [-0.15, -0.1) is 10.2 Å². The monoisotopic (exact) mass is 465 g/mol. The largest absolute Gasteiger partial charge is 0.453 e. The highest BCUT2D eigenvalue weighted by Crippen LogP contribution is 2.23. The first-order valence-corrected chi connectivity index (χ1v) is 11.9. The summed E-state index contributed by atoms with van der Waals surface area (Å²) in [4.78, 5) is 12.3. The number of hydrogen-bond acceptors (Lipinski definition) is 7. The molecule has 33 heavy (non-hydrogen) atoms. The summed E-state index contributed by atoms with van der Waals surface area (Å²) < 4.78 is 38.5. The molecular weight excluding hydrogens is 442 g/mol. The van der Waals surface area contributed by atoms with Gasteiger partial charge in [0.05, 0.1) is 11.3 Å². The number of hydrogen-bond donors (Lipinski definition) is 1. The van der Waals surface area contributed by atoms with Gasteiger partial charge in [-0.1, -0.05) is 48.0 Å². The summed E-state index contributed by atoms with van der Waals surface area (Å²) in [6, 6.07) is 20.0. The lowest BCUT2D eigenvalue weighted by molar-refractivity contribution is -0.149. The predicted molar refractivity (Wildman–Crippen MR) is 123 cm³/mol. The number of benzene rings is 3. The van der Waals surface area contributed by atoms with Gasteiger partial charge in [-0.25, -0.2) is 13.1 Å². The molecule has 8 nitrogen and oxygen atoms in total. The first-order valence-electron chi connectivity index (χ1n) is 10.4. The van der Waals surface area contributed by atoms with Gasteiger partial charge in [0.25, 0.3) is 5.89 Å². The zero-order chi connectivity index (χ0) is 23.4. The van der Waals surface area contributed by atoms with E-state index in [1.807, 2.05) is 55.5 Å². The molecule has 1 heterocycles. The molecule has 0 aliphatic rings. The number of carbonyl (C=O) groups is 1. The second kappa shape index (κ2) is 9.51. The highest BCUT2D eigenvalue weighted by Gasteiger charge is 2.20. The number of sulfonamides is 1. The second-order valence-corrected chi connectivity index (χ2v) is 9.37. The van der Waals surface area contributed by atoms with Gasteiger partial charge in [-0.3, -0.25) is 4.79 Å². The van der Waals surface area contributed by atoms with Gasteiger partial charge < -0.3 is 9.15 Å². The molecule has 0 spiro atoms. The van der Waals surface area contributed by atoms with Crippen LogP contribution in [0.25, 0.3) is 22.2 Å². The predicted octanol–water partition coefficient (Wildman–Crippen LogP) is 4.17. The molecule has 0 saturated carbocycles. The van der Waals surface area contributed by atoms with Crippen molar-refractivity contribution < 1.29 is 22.4 Å². The van der Waals surface area contributed by atoms with Crippen molar-refractivity contribution in [3.8, 4) is 11.5 Å². The molecule has 1 unspecified atom stereocenters. The lowest BCUT2D eigenvalue weighted by Crippen LogP contribution is -2.27. The lowest BCUT2D eigenvalue weighted by Gasteiger charge is -2.10. The van der Waals surface area contributed by atoms with Crippen LogP contribution in [0.4, 0.5) is 0 Å². The fourth-order valence-electron chi connectivity index (χ4n) is 3.22. The van der Waals surface area contributed by atoms with E-state index < -0.39 is 22.1 Å². The van der Waals surface area contributed by atoms with E-state index in [0.29, 0.717) is 5.89 Å². The van der Waals surface area contributed by atoms with Crippen LogP contribution in [0.5, 0.6) is 0 Å². The Bertz CT molecular complexity index is 1380. The Hall–Kier alpha value is -3.56. The fraction of sp³-hybridized carbons (Fsp3) is 0.208. The Morgan fingerprint density at radius 2 is 1.76 bits per heavy atom. The number of aryl methyl sites for hydroxylation is 1. The average molecular weight is 466 g/mol. The number of esters is 1. The molecule has 4 aromatic rings. The molecule has 0 aliphatic carbocycles. The molecule has 3 aromatic carbocycles. The van der Waals surface area contributed by atoms with Crippen LogP contribution in [-0.4, -0.2) is 31.1 Å². The minimum absolute atomic E-state index is 0.0981.